The second-order valence-corrected chi connectivity index (χ2v) is 18.5. The molecule has 0 saturated carbocycles. The van der Waals surface area contributed by atoms with Crippen molar-refractivity contribution in [3.8, 4) is 0 Å². The molecule has 76 heavy (non-hydrogen) atoms. The van der Waals surface area contributed by atoms with Gasteiger partial charge < -0.3 is 102 Å². The fourth-order valence-electron chi connectivity index (χ4n) is 7.63. The van der Waals surface area contributed by atoms with Crippen LogP contribution >= 0.6 is 0 Å². The van der Waals surface area contributed by atoms with Gasteiger partial charge in [-0.3, -0.25) is 52.7 Å². The quantitative estimate of drug-likeness (QED) is 0.0358. The monoisotopic (exact) mass is 1090 g/mol. The van der Waals surface area contributed by atoms with Crippen molar-refractivity contribution in [1.29, 1.82) is 0 Å². The molecule has 1 heterocycles. The van der Waals surface area contributed by atoms with Crippen molar-refractivity contribution in [3.63, 3.8) is 0 Å². The molecule has 0 unspecified atom stereocenters. The van der Waals surface area contributed by atoms with Gasteiger partial charge in [-0.25, -0.2) is 0 Å². The van der Waals surface area contributed by atoms with Gasteiger partial charge in [-0.05, 0) is 98.4 Å². The van der Waals surface area contributed by atoms with Gasteiger partial charge in [-0.2, -0.15) is 0 Å². The van der Waals surface area contributed by atoms with Crippen LogP contribution in [0.5, 0.6) is 0 Å². The lowest BCUT2D eigenvalue weighted by Gasteiger charge is -2.28. The Labute approximate surface area is 442 Å². The molecule has 1 aliphatic rings. The van der Waals surface area contributed by atoms with E-state index in [0.717, 1.165) is 32.6 Å². The topological polar surface area (TPSA) is 511 Å². The molecule has 1 rings (SSSR count). The van der Waals surface area contributed by atoms with E-state index in [2.05, 4.69) is 65.4 Å². The molecule has 30 nitrogen and oxygen atoms in total. The summed E-state index contributed by atoms with van der Waals surface area (Å²) in [6, 6.07) is -13.9. The van der Waals surface area contributed by atoms with Gasteiger partial charge in [-0.1, -0.05) is 32.6 Å². The van der Waals surface area contributed by atoms with E-state index in [1.165, 1.54) is 13.8 Å². The summed E-state index contributed by atoms with van der Waals surface area (Å²) in [4.78, 5) is 149. The number of aliphatic hydroxyl groups is 3. The molecule has 1 fully saturated rings. The normalized spacial score (nSPS) is 23.2. The molecule has 12 atom stereocenters. The molecule has 1 saturated heterocycles. The van der Waals surface area contributed by atoms with Gasteiger partial charge >= 0.3 is 0 Å². The lowest BCUT2D eigenvalue weighted by atomic mass is 10.1. The SMILES string of the molecule is CCCCCCCC(=O)N[C@@H](CCN)C(=O)N[C@H](C(=O)N[C@H](CCN)C(=O)N[C@H]1CCNC(=O)[C@H]([C@@H](C)O)NC(=O)[C@H](CCN)NC(=O)[C@H](CCN)NC(=O)[C@H]([C@@H](C)O)NC(=O)CNC(=O)[C@H](CCN)NC1=O)[C@@H](C)O. The molecule has 0 aromatic carbocycles. The highest BCUT2D eigenvalue weighted by Gasteiger charge is 2.37. The zero-order chi connectivity index (χ0) is 57.5. The van der Waals surface area contributed by atoms with E-state index in [1.807, 2.05) is 0 Å². The van der Waals surface area contributed by atoms with Crippen molar-refractivity contribution < 1.29 is 68.1 Å². The van der Waals surface area contributed by atoms with Crippen molar-refractivity contribution in [2.75, 3.05) is 45.8 Å². The number of carbonyl (C=O) groups is 11. The molecular weight excluding hydrogens is 1000 g/mol. The van der Waals surface area contributed by atoms with Crippen LogP contribution in [0.15, 0.2) is 0 Å². The van der Waals surface area contributed by atoms with Crippen molar-refractivity contribution in [1.82, 2.24) is 58.5 Å². The molecule has 11 amide bonds. The molecule has 0 aromatic rings. The van der Waals surface area contributed by atoms with Gasteiger partial charge in [0.2, 0.25) is 65.0 Å². The van der Waals surface area contributed by atoms with Gasteiger partial charge in [0.25, 0.3) is 0 Å². The van der Waals surface area contributed by atoms with E-state index in [-0.39, 0.29) is 71.2 Å². The minimum absolute atomic E-state index is 0.0171. The minimum atomic E-state index is -1.71. The number of aliphatic hydroxyl groups excluding tert-OH is 3. The first-order chi connectivity index (χ1) is 36.0. The van der Waals surface area contributed by atoms with Gasteiger partial charge in [0.1, 0.15) is 54.4 Å². The smallest absolute Gasteiger partial charge is 0.245 e. The van der Waals surface area contributed by atoms with Crippen molar-refractivity contribution in [3.05, 3.63) is 0 Å². The number of rotatable bonds is 26. The Bertz CT molecular complexity index is 1910. The molecule has 0 radical (unpaired) electrons. The number of nitrogens with one attached hydrogen (secondary N) is 11. The minimum Gasteiger partial charge on any atom is -0.391 e. The highest BCUT2D eigenvalue weighted by Crippen LogP contribution is 2.08. The molecule has 0 aromatic heterocycles. The number of carbonyl (C=O) groups excluding carboxylic acids is 11. The van der Waals surface area contributed by atoms with Gasteiger partial charge in [-0.15, -0.1) is 0 Å². The largest absolute Gasteiger partial charge is 0.391 e. The van der Waals surface area contributed by atoms with Crippen LogP contribution in [-0.2, 0) is 52.7 Å². The highest BCUT2D eigenvalue weighted by atomic mass is 16.3. The third-order valence-corrected chi connectivity index (χ3v) is 12.0. The van der Waals surface area contributed by atoms with Gasteiger partial charge in [0.15, 0.2) is 0 Å². The van der Waals surface area contributed by atoms with Gasteiger partial charge in [0.05, 0.1) is 24.9 Å². The molecule has 434 valence electrons. The lowest BCUT2D eigenvalue weighted by molar-refractivity contribution is -0.137. The maximum absolute atomic E-state index is 14.1. The average Bonchev–Trinajstić information content (AvgIpc) is 3.35. The van der Waals surface area contributed by atoms with Crippen LogP contribution in [0.3, 0.4) is 0 Å². The zero-order valence-corrected chi connectivity index (χ0v) is 44.1. The summed E-state index contributed by atoms with van der Waals surface area (Å²) >= 11 is 0. The molecular formula is C46H86N16O14. The first-order valence-electron chi connectivity index (χ1n) is 25.8. The van der Waals surface area contributed by atoms with E-state index < -0.39 is 157 Å². The number of hydrogen-bond donors (Lipinski definition) is 19. The maximum atomic E-state index is 14.1. The van der Waals surface area contributed by atoms with E-state index in [9.17, 15) is 68.1 Å². The highest BCUT2D eigenvalue weighted by molar-refractivity contribution is 5.98. The van der Waals surface area contributed by atoms with E-state index in [4.69, 9.17) is 28.7 Å². The summed E-state index contributed by atoms with van der Waals surface area (Å²) in [6.07, 6.45) is -1.61. The number of hydrogen-bond acceptors (Lipinski definition) is 19. The molecule has 0 spiro atoms. The third-order valence-electron chi connectivity index (χ3n) is 12.0. The Morgan fingerprint density at radius 1 is 0.553 bits per heavy atom. The molecule has 0 aliphatic carbocycles. The summed E-state index contributed by atoms with van der Waals surface area (Å²) < 4.78 is 0. The summed E-state index contributed by atoms with van der Waals surface area (Å²) in [5, 5.41) is 58.2. The standard InChI is InChI=1S/C46H86N16O14/c1-5-6-7-8-9-10-33(66)54-28(12-18-48)42(72)62-37(26(4)65)46(76)59-30(14-20-50)40(70)57-32-16-22-52-44(74)35(24(2)63)61-43(73)31(15-21-51)56-39(69)29(13-19-49)58-45(75)36(25(3)64)60-34(67)23-53-38(68)27(11-17-47)55-41(32)71/h24-32,35-37,63-65H,5-23,47-51H2,1-4H3,(H,52,74)(H,53,68)(H,54,66)(H,55,71)(H,56,69)(H,57,70)(H,58,75)(H,59,76)(H,60,67)(H,61,73)(H,62,72)/t24-,25-,26-,27+,28+,29+,30-,31+,32+,35+,36+,37+/m1/s1. The van der Waals surface area contributed by atoms with Crippen LogP contribution < -0.4 is 87.2 Å². The number of unbranched alkanes of at least 4 members (excludes halogenated alkanes) is 4. The molecule has 24 N–H and O–H groups in total. The summed E-state index contributed by atoms with van der Waals surface area (Å²) in [7, 11) is 0. The predicted octanol–water partition coefficient (Wildman–Crippen LogP) is -8.77. The summed E-state index contributed by atoms with van der Waals surface area (Å²) in [5.41, 5.74) is 28.7. The Balaban J connectivity index is 3.63. The zero-order valence-electron chi connectivity index (χ0n) is 44.1. The van der Waals surface area contributed by atoms with Crippen LogP contribution in [0.2, 0.25) is 0 Å². The fourth-order valence-corrected chi connectivity index (χ4v) is 7.63. The van der Waals surface area contributed by atoms with Crippen LogP contribution in [0.4, 0.5) is 0 Å². The van der Waals surface area contributed by atoms with Crippen molar-refractivity contribution in [2.45, 2.75) is 177 Å². The second kappa shape index (κ2) is 36.8. The Morgan fingerprint density at radius 2 is 1.05 bits per heavy atom. The molecule has 1 aliphatic heterocycles. The average molecular weight is 1090 g/mol. The van der Waals surface area contributed by atoms with E-state index >= 15 is 0 Å². The Hall–Kier alpha value is -6.15. The first kappa shape index (κ1) is 67.9. The van der Waals surface area contributed by atoms with Crippen LogP contribution in [0.25, 0.3) is 0 Å². The predicted molar refractivity (Wildman–Crippen MR) is 275 cm³/mol. The summed E-state index contributed by atoms with van der Waals surface area (Å²) in [5.74, 6) is -10.4. The van der Waals surface area contributed by atoms with Crippen molar-refractivity contribution in [2.24, 2.45) is 28.7 Å². The Morgan fingerprint density at radius 3 is 1.58 bits per heavy atom. The lowest BCUT2D eigenvalue weighted by Crippen LogP contribution is -2.61. The molecule has 0 bridgehead atoms. The number of amides is 11. The second-order valence-electron chi connectivity index (χ2n) is 18.5. The maximum Gasteiger partial charge on any atom is 0.245 e. The third kappa shape index (κ3) is 24.7. The van der Waals surface area contributed by atoms with E-state index in [0.29, 0.717) is 6.42 Å². The first-order valence-corrected chi connectivity index (χ1v) is 25.8. The fraction of sp³-hybridized carbons (Fsp3) is 0.761. The van der Waals surface area contributed by atoms with Gasteiger partial charge in [0, 0.05) is 13.0 Å². The summed E-state index contributed by atoms with van der Waals surface area (Å²) in [6.45, 7) is 3.50. The van der Waals surface area contributed by atoms with Crippen LogP contribution in [0.1, 0.15) is 105 Å². The Kier molecular flexibility index (Phi) is 32.8. The van der Waals surface area contributed by atoms with Crippen molar-refractivity contribution >= 4 is 65.0 Å². The van der Waals surface area contributed by atoms with Crippen LogP contribution in [0, 0.1) is 0 Å². The molecule has 30 heteroatoms. The van der Waals surface area contributed by atoms with Crippen LogP contribution in [-0.4, -0.2) is 199 Å². The number of nitrogens with two attached hydrogens (primary N) is 5. The van der Waals surface area contributed by atoms with E-state index in [1.54, 1.807) is 0 Å².